The lowest BCUT2D eigenvalue weighted by Crippen LogP contribution is -2.37. The molecule has 0 spiro atoms. The average molecular weight is 543 g/mol. The van der Waals surface area contributed by atoms with Crippen molar-refractivity contribution in [3.63, 3.8) is 0 Å². The largest absolute Gasteiger partial charge is 0.508 e. The van der Waals surface area contributed by atoms with Crippen LogP contribution in [0.4, 0.5) is 27.5 Å². The molecule has 10 heteroatoms. The first-order valence-electron chi connectivity index (χ1n) is 13.0. The van der Waals surface area contributed by atoms with Crippen molar-refractivity contribution >= 4 is 29.4 Å². The number of hydrogen-bond donors (Lipinski definition) is 4. The van der Waals surface area contributed by atoms with Gasteiger partial charge < -0.3 is 25.2 Å². The van der Waals surface area contributed by atoms with Gasteiger partial charge in [0.1, 0.15) is 11.5 Å². The molecule has 1 fully saturated rings. The summed E-state index contributed by atoms with van der Waals surface area (Å²) in [5, 5.41) is 27.8. The van der Waals surface area contributed by atoms with Crippen LogP contribution in [0.1, 0.15) is 30.9 Å². The molecule has 4 aromatic rings. The monoisotopic (exact) mass is 542 g/mol. The van der Waals surface area contributed by atoms with Crippen molar-refractivity contribution in [2.75, 3.05) is 41.9 Å². The topological polar surface area (TPSA) is 115 Å². The summed E-state index contributed by atoms with van der Waals surface area (Å²) in [7, 11) is 0. The number of phenolic OH excluding ortho intramolecular Hbond substituents is 2. The van der Waals surface area contributed by atoms with Crippen LogP contribution in [-0.2, 0) is 4.74 Å². The number of anilines is 4. The van der Waals surface area contributed by atoms with Crippen LogP contribution in [0.3, 0.4) is 0 Å². The molecular formula is C30H31FN6O3. The Morgan fingerprint density at radius 2 is 1.77 bits per heavy atom. The Labute approximate surface area is 232 Å². The number of morpholine rings is 1. The Bertz CT molecular complexity index is 1520. The third-order valence-corrected chi connectivity index (χ3v) is 6.50. The number of hydrogen-bond acceptors (Lipinski definition) is 9. The van der Waals surface area contributed by atoms with E-state index >= 15 is 0 Å². The van der Waals surface area contributed by atoms with Crippen LogP contribution in [0.25, 0.3) is 11.1 Å². The van der Waals surface area contributed by atoms with Gasteiger partial charge >= 0.3 is 0 Å². The minimum atomic E-state index is -0.484. The van der Waals surface area contributed by atoms with E-state index < -0.39 is 5.82 Å². The first-order chi connectivity index (χ1) is 19.4. The van der Waals surface area contributed by atoms with Crippen LogP contribution >= 0.6 is 0 Å². The Morgan fingerprint density at radius 3 is 2.55 bits per heavy atom. The SMILES string of the molecule is CC(C)c1cc(Nc2cc(O)cc(-c3cccc(O)c3)c2)ccc1/C=N/Nc1ncc(F)c(N2CCOCC2)n1. The third-order valence-electron chi connectivity index (χ3n) is 6.50. The van der Waals surface area contributed by atoms with Crippen molar-refractivity contribution in [3.8, 4) is 22.6 Å². The summed E-state index contributed by atoms with van der Waals surface area (Å²) in [6.45, 7) is 6.36. The lowest BCUT2D eigenvalue weighted by atomic mass is 9.97. The van der Waals surface area contributed by atoms with Gasteiger partial charge in [-0.1, -0.05) is 32.0 Å². The Hall–Kier alpha value is -4.70. The molecule has 0 radical (unpaired) electrons. The number of phenols is 2. The summed E-state index contributed by atoms with van der Waals surface area (Å²) < 4.78 is 19.7. The lowest BCUT2D eigenvalue weighted by Gasteiger charge is -2.27. The average Bonchev–Trinajstić information content (AvgIpc) is 2.94. The van der Waals surface area contributed by atoms with Crippen LogP contribution in [0.2, 0.25) is 0 Å². The van der Waals surface area contributed by atoms with Gasteiger partial charge in [-0.3, -0.25) is 0 Å². The summed E-state index contributed by atoms with van der Waals surface area (Å²) in [5.41, 5.74) is 7.89. The minimum absolute atomic E-state index is 0.113. The highest BCUT2D eigenvalue weighted by atomic mass is 19.1. The van der Waals surface area contributed by atoms with Gasteiger partial charge in [-0.05, 0) is 64.6 Å². The van der Waals surface area contributed by atoms with Crippen LogP contribution in [0.15, 0.2) is 72.0 Å². The molecule has 40 heavy (non-hydrogen) atoms. The summed E-state index contributed by atoms with van der Waals surface area (Å²) >= 11 is 0. The van der Waals surface area contributed by atoms with E-state index in [0.29, 0.717) is 32.0 Å². The fourth-order valence-corrected chi connectivity index (χ4v) is 4.54. The van der Waals surface area contributed by atoms with E-state index in [1.54, 1.807) is 36.5 Å². The minimum Gasteiger partial charge on any atom is -0.508 e. The van der Waals surface area contributed by atoms with E-state index in [9.17, 15) is 14.6 Å². The van der Waals surface area contributed by atoms with Gasteiger partial charge in [0.25, 0.3) is 0 Å². The number of halogens is 1. The van der Waals surface area contributed by atoms with Gasteiger partial charge in [0, 0.05) is 30.5 Å². The van der Waals surface area contributed by atoms with E-state index in [-0.39, 0.29) is 29.2 Å². The molecule has 9 nitrogen and oxygen atoms in total. The molecule has 0 atom stereocenters. The normalized spacial score (nSPS) is 13.7. The summed E-state index contributed by atoms with van der Waals surface area (Å²) in [6.07, 6.45) is 2.83. The quantitative estimate of drug-likeness (QED) is 0.162. The van der Waals surface area contributed by atoms with Crippen LogP contribution in [0.5, 0.6) is 11.5 Å². The molecule has 1 aromatic heterocycles. The Kier molecular flexibility index (Phi) is 8.07. The summed E-state index contributed by atoms with van der Waals surface area (Å²) in [6, 6.07) is 18.0. The number of nitrogens with zero attached hydrogens (tertiary/aromatic N) is 4. The highest BCUT2D eigenvalue weighted by Crippen LogP contribution is 2.32. The van der Waals surface area contributed by atoms with Gasteiger partial charge in [-0.25, -0.2) is 14.8 Å². The van der Waals surface area contributed by atoms with Crippen molar-refractivity contribution < 1.29 is 19.3 Å². The van der Waals surface area contributed by atoms with Crippen molar-refractivity contribution in [2.24, 2.45) is 5.10 Å². The second-order valence-electron chi connectivity index (χ2n) is 9.78. The van der Waals surface area contributed by atoms with Crippen molar-refractivity contribution in [1.29, 1.82) is 0 Å². The van der Waals surface area contributed by atoms with Gasteiger partial charge in [-0.15, -0.1) is 0 Å². The van der Waals surface area contributed by atoms with Crippen LogP contribution in [0, 0.1) is 5.82 Å². The van der Waals surface area contributed by atoms with E-state index in [1.807, 2.05) is 35.2 Å². The number of rotatable bonds is 8. The molecule has 0 amide bonds. The van der Waals surface area contributed by atoms with Crippen molar-refractivity contribution in [3.05, 3.63) is 83.8 Å². The zero-order valence-electron chi connectivity index (χ0n) is 22.3. The first-order valence-corrected chi connectivity index (χ1v) is 13.0. The van der Waals surface area contributed by atoms with Crippen LogP contribution < -0.4 is 15.6 Å². The standard InChI is InChI=1S/C30H31FN6O3/c1-19(2)27-16-23(34-24-12-22(14-26(39)15-24)20-4-3-5-25(38)13-20)7-6-21(27)17-33-36-30-32-18-28(31)29(35-30)37-8-10-40-11-9-37/h3-7,12-19,34,38-39H,8-11H2,1-2H3,(H,32,35,36)/b33-17+. The molecule has 0 saturated carbocycles. The Balaban J connectivity index is 1.32. The fraction of sp³-hybridized carbons (Fsp3) is 0.233. The highest BCUT2D eigenvalue weighted by Gasteiger charge is 2.18. The summed E-state index contributed by atoms with van der Waals surface area (Å²) in [4.78, 5) is 10.1. The third kappa shape index (κ3) is 6.47. The predicted octanol–water partition coefficient (Wildman–Crippen LogP) is 5.84. The molecule has 0 aliphatic carbocycles. The van der Waals surface area contributed by atoms with E-state index in [2.05, 4.69) is 39.7 Å². The van der Waals surface area contributed by atoms with Gasteiger partial charge in [-0.2, -0.15) is 10.1 Å². The number of nitrogens with one attached hydrogen (secondary N) is 2. The molecular weight excluding hydrogens is 511 g/mol. The van der Waals surface area contributed by atoms with E-state index in [4.69, 9.17) is 4.74 Å². The summed E-state index contributed by atoms with van der Waals surface area (Å²) in [5.74, 6) is 0.422. The number of ether oxygens (including phenoxy) is 1. The van der Waals surface area contributed by atoms with Gasteiger partial charge in [0.2, 0.25) is 5.95 Å². The predicted molar refractivity (Wildman–Crippen MR) is 155 cm³/mol. The maximum atomic E-state index is 14.3. The lowest BCUT2D eigenvalue weighted by molar-refractivity contribution is 0.122. The zero-order valence-corrected chi connectivity index (χ0v) is 22.3. The molecule has 5 rings (SSSR count). The number of hydrazone groups is 1. The molecule has 2 heterocycles. The molecule has 0 unspecified atom stereocenters. The molecule has 206 valence electrons. The first kappa shape index (κ1) is 26.9. The highest BCUT2D eigenvalue weighted by molar-refractivity contribution is 5.84. The molecule has 3 aromatic carbocycles. The van der Waals surface area contributed by atoms with Crippen LogP contribution in [-0.4, -0.2) is 52.7 Å². The number of aromatic nitrogens is 2. The van der Waals surface area contributed by atoms with Gasteiger partial charge in [0.05, 0.1) is 25.6 Å². The molecule has 1 aliphatic rings. The molecule has 1 aliphatic heterocycles. The smallest absolute Gasteiger partial charge is 0.245 e. The zero-order chi connectivity index (χ0) is 28.1. The van der Waals surface area contributed by atoms with E-state index in [0.717, 1.165) is 34.1 Å². The Morgan fingerprint density at radius 1 is 0.975 bits per heavy atom. The maximum Gasteiger partial charge on any atom is 0.245 e. The maximum absolute atomic E-state index is 14.3. The van der Waals surface area contributed by atoms with Crippen molar-refractivity contribution in [1.82, 2.24) is 9.97 Å². The second-order valence-corrected chi connectivity index (χ2v) is 9.78. The second kappa shape index (κ2) is 12.0. The molecule has 1 saturated heterocycles. The molecule has 0 bridgehead atoms. The fourth-order valence-electron chi connectivity index (χ4n) is 4.54. The number of benzene rings is 3. The van der Waals surface area contributed by atoms with Gasteiger partial charge in [0.15, 0.2) is 11.6 Å². The van der Waals surface area contributed by atoms with E-state index in [1.165, 1.54) is 0 Å². The van der Waals surface area contributed by atoms with Crippen molar-refractivity contribution in [2.45, 2.75) is 19.8 Å². The molecule has 4 N–H and O–H groups in total. The number of aromatic hydroxyl groups is 2.